The molecule has 0 bridgehead atoms. The van der Waals surface area contributed by atoms with Crippen LogP contribution in [0.1, 0.15) is 19.3 Å². The number of nitrogens with two attached hydrogens (primary N) is 1. The number of carbonyl (C=O) groups is 1. The minimum Gasteiger partial charge on any atom is -0.477 e. The van der Waals surface area contributed by atoms with Crippen LogP contribution in [0.25, 0.3) is 0 Å². The maximum Gasteiger partial charge on any atom is 0.266 e. The van der Waals surface area contributed by atoms with Crippen molar-refractivity contribution >= 4 is 17.5 Å². The Morgan fingerprint density at radius 2 is 2.00 bits per heavy atom. The third kappa shape index (κ3) is 3.21. The van der Waals surface area contributed by atoms with Crippen LogP contribution in [-0.4, -0.2) is 48.6 Å². The first kappa shape index (κ1) is 15.6. The second-order valence-electron chi connectivity index (χ2n) is 6.10. The first-order chi connectivity index (χ1) is 10.6. The van der Waals surface area contributed by atoms with Crippen LogP contribution in [0, 0.1) is 0 Å². The number of benzene rings is 1. The van der Waals surface area contributed by atoms with E-state index in [4.69, 9.17) is 22.1 Å². The van der Waals surface area contributed by atoms with Crippen LogP contribution in [0.4, 0.5) is 0 Å². The molecule has 0 radical (unpaired) electrons. The molecule has 1 amide bonds. The molecule has 1 atom stereocenters. The van der Waals surface area contributed by atoms with Crippen molar-refractivity contribution in [3.8, 4) is 5.75 Å². The van der Waals surface area contributed by atoms with Gasteiger partial charge in [-0.1, -0.05) is 11.6 Å². The van der Waals surface area contributed by atoms with Gasteiger partial charge in [0.15, 0.2) is 5.60 Å². The van der Waals surface area contributed by atoms with Gasteiger partial charge in [-0.3, -0.25) is 4.79 Å². The number of halogens is 1. The molecule has 5 nitrogen and oxygen atoms in total. The van der Waals surface area contributed by atoms with Gasteiger partial charge in [-0.15, -0.1) is 0 Å². The van der Waals surface area contributed by atoms with Crippen molar-refractivity contribution < 1.29 is 9.53 Å². The van der Waals surface area contributed by atoms with Gasteiger partial charge in [0.25, 0.3) is 5.91 Å². The van der Waals surface area contributed by atoms with Crippen molar-refractivity contribution in [1.82, 2.24) is 10.2 Å². The molecule has 1 aromatic rings. The summed E-state index contributed by atoms with van der Waals surface area (Å²) in [6.45, 7) is 2.90. The summed E-state index contributed by atoms with van der Waals surface area (Å²) >= 11 is 5.92. The van der Waals surface area contributed by atoms with Gasteiger partial charge >= 0.3 is 0 Å². The number of rotatable bonds is 3. The monoisotopic (exact) mass is 323 g/mol. The normalized spacial score (nSPS) is 24.3. The van der Waals surface area contributed by atoms with E-state index in [2.05, 4.69) is 5.32 Å². The minimum absolute atomic E-state index is 0.0666. The van der Waals surface area contributed by atoms with Crippen LogP contribution in [0.15, 0.2) is 24.3 Å². The molecule has 0 unspecified atom stereocenters. The lowest BCUT2D eigenvalue weighted by molar-refractivity contribution is -0.149. The van der Waals surface area contributed by atoms with E-state index in [0.29, 0.717) is 30.2 Å². The Bertz CT molecular complexity index is 529. The number of ether oxygens (including phenoxy) is 1. The molecule has 0 aromatic heterocycles. The predicted molar refractivity (Wildman–Crippen MR) is 86.1 cm³/mol. The van der Waals surface area contributed by atoms with Crippen LogP contribution in [-0.2, 0) is 4.79 Å². The molecule has 2 aliphatic rings. The van der Waals surface area contributed by atoms with Crippen molar-refractivity contribution in [2.45, 2.75) is 30.9 Å². The lowest BCUT2D eigenvalue weighted by atomic mass is 9.90. The summed E-state index contributed by atoms with van der Waals surface area (Å²) < 4.78 is 6.18. The third-order valence-electron chi connectivity index (χ3n) is 4.44. The molecule has 2 fully saturated rings. The first-order valence-electron chi connectivity index (χ1n) is 7.79. The van der Waals surface area contributed by atoms with Crippen LogP contribution < -0.4 is 15.8 Å². The van der Waals surface area contributed by atoms with Crippen molar-refractivity contribution in [3.05, 3.63) is 29.3 Å². The fraction of sp³-hybridized carbons (Fsp3) is 0.562. The van der Waals surface area contributed by atoms with Crippen LogP contribution in [0.5, 0.6) is 5.75 Å². The number of nitrogens with one attached hydrogen (secondary N) is 1. The number of nitrogens with zero attached hydrogens (tertiary/aromatic N) is 1. The summed E-state index contributed by atoms with van der Waals surface area (Å²) in [7, 11) is 0. The summed E-state index contributed by atoms with van der Waals surface area (Å²) in [6, 6.07) is 7.27. The Morgan fingerprint density at radius 3 is 2.59 bits per heavy atom. The van der Waals surface area contributed by atoms with Gasteiger partial charge in [0, 0.05) is 37.0 Å². The minimum atomic E-state index is -0.789. The Morgan fingerprint density at radius 1 is 1.32 bits per heavy atom. The number of amides is 1. The van der Waals surface area contributed by atoms with E-state index in [9.17, 15) is 4.79 Å². The second-order valence-corrected chi connectivity index (χ2v) is 6.54. The molecular weight excluding hydrogens is 302 g/mol. The van der Waals surface area contributed by atoms with Crippen molar-refractivity contribution in [2.24, 2.45) is 5.73 Å². The first-order valence-corrected chi connectivity index (χ1v) is 8.17. The summed E-state index contributed by atoms with van der Waals surface area (Å²) in [5.41, 5.74) is 5.15. The summed E-state index contributed by atoms with van der Waals surface area (Å²) in [4.78, 5) is 14.9. The van der Waals surface area contributed by atoms with E-state index in [-0.39, 0.29) is 11.9 Å². The zero-order valence-electron chi connectivity index (χ0n) is 12.6. The van der Waals surface area contributed by atoms with Gasteiger partial charge in [-0.05, 0) is 43.8 Å². The van der Waals surface area contributed by atoms with Crippen LogP contribution in [0.2, 0.25) is 5.02 Å². The number of carbonyl (C=O) groups excluding carboxylic acids is 1. The highest BCUT2D eigenvalue weighted by atomic mass is 35.5. The molecule has 1 aromatic carbocycles. The molecule has 0 saturated carbocycles. The van der Waals surface area contributed by atoms with E-state index < -0.39 is 5.60 Å². The van der Waals surface area contributed by atoms with E-state index in [1.807, 2.05) is 17.0 Å². The van der Waals surface area contributed by atoms with E-state index in [1.165, 1.54) is 0 Å². The Balaban J connectivity index is 1.81. The topological polar surface area (TPSA) is 67.6 Å². The van der Waals surface area contributed by atoms with Crippen molar-refractivity contribution in [3.63, 3.8) is 0 Å². The largest absolute Gasteiger partial charge is 0.477 e. The zero-order valence-corrected chi connectivity index (χ0v) is 13.3. The zero-order chi connectivity index (χ0) is 15.6. The van der Waals surface area contributed by atoms with Gasteiger partial charge in [0.05, 0.1) is 0 Å². The van der Waals surface area contributed by atoms with Crippen LogP contribution >= 0.6 is 11.6 Å². The average molecular weight is 324 g/mol. The van der Waals surface area contributed by atoms with Gasteiger partial charge in [0.1, 0.15) is 5.75 Å². The van der Waals surface area contributed by atoms with Crippen molar-refractivity contribution in [2.75, 3.05) is 26.2 Å². The summed E-state index contributed by atoms with van der Waals surface area (Å²) in [5, 5.41) is 3.95. The summed E-state index contributed by atoms with van der Waals surface area (Å²) in [6.07, 6.45) is 2.20. The molecular formula is C16H22ClN3O2. The quantitative estimate of drug-likeness (QED) is 0.882. The third-order valence-corrected chi connectivity index (χ3v) is 4.69. The number of piperidine rings is 1. The molecule has 2 aliphatic heterocycles. The molecule has 120 valence electrons. The number of likely N-dealkylation sites (tertiary alicyclic amines) is 1. The highest BCUT2D eigenvalue weighted by Crippen LogP contribution is 2.30. The van der Waals surface area contributed by atoms with E-state index in [0.717, 1.165) is 26.1 Å². The Hall–Kier alpha value is -1.30. The number of hydrogen-bond donors (Lipinski definition) is 2. The highest BCUT2D eigenvalue weighted by molar-refractivity contribution is 6.30. The van der Waals surface area contributed by atoms with Crippen molar-refractivity contribution in [1.29, 1.82) is 0 Å². The lowest BCUT2D eigenvalue weighted by Gasteiger charge is -2.39. The molecule has 0 spiro atoms. The average Bonchev–Trinajstić information content (AvgIpc) is 2.96. The van der Waals surface area contributed by atoms with Crippen LogP contribution in [0.3, 0.4) is 0 Å². The van der Waals surface area contributed by atoms with E-state index >= 15 is 0 Å². The SMILES string of the molecule is N[C@@H]1CCN(C(=O)C2(Oc3ccc(Cl)cc3)CCNCC2)C1. The van der Waals surface area contributed by atoms with Gasteiger partial charge in [-0.2, -0.15) is 0 Å². The lowest BCUT2D eigenvalue weighted by Crippen LogP contribution is -2.57. The van der Waals surface area contributed by atoms with E-state index in [1.54, 1.807) is 12.1 Å². The predicted octanol–water partition coefficient (Wildman–Crippen LogP) is 1.40. The highest BCUT2D eigenvalue weighted by Gasteiger charge is 2.45. The Labute approximate surface area is 135 Å². The smallest absolute Gasteiger partial charge is 0.266 e. The fourth-order valence-electron chi connectivity index (χ4n) is 3.18. The molecule has 6 heteroatoms. The molecule has 0 aliphatic carbocycles. The van der Waals surface area contributed by atoms with Gasteiger partial charge in [-0.25, -0.2) is 0 Å². The molecule has 2 heterocycles. The molecule has 22 heavy (non-hydrogen) atoms. The Kier molecular flexibility index (Phi) is 4.57. The maximum atomic E-state index is 13.0. The summed E-state index contributed by atoms with van der Waals surface area (Å²) in [5.74, 6) is 0.750. The molecule has 3 N–H and O–H groups in total. The number of hydrogen-bond acceptors (Lipinski definition) is 4. The fourth-order valence-corrected chi connectivity index (χ4v) is 3.30. The molecule has 3 rings (SSSR count). The van der Waals surface area contributed by atoms with Gasteiger partial charge in [0.2, 0.25) is 0 Å². The standard InChI is InChI=1S/C16H22ClN3O2/c17-12-1-3-14(4-2-12)22-16(6-8-19-9-7-16)15(21)20-10-5-13(18)11-20/h1-4,13,19H,5-11,18H2/t13-/m1/s1. The second kappa shape index (κ2) is 6.44. The maximum absolute atomic E-state index is 13.0. The molecule has 2 saturated heterocycles. The van der Waals surface area contributed by atoms with Gasteiger partial charge < -0.3 is 20.7 Å².